The number of rotatable bonds is 7. The van der Waals surface area contributed by atoms with Gasteiger partial charge in [-0.25, -0.2) is 4.79 Å². The Morgan fingerprint density at radius 2 is 1.81 bits per heavy atom. The molecule has 0 bridgehead atoms. The van der Waals surface area contributed by atoms with E-state index in [1.807, 2.05) is 0 Å². The Hall–Kier alpha value is -2.20. The third kappa shape index (κ3) is 3.67. The molecule has 0 aliphatic carbocycles. The summed E-state index contributed by atoms with van der Waals surface area (Å²) in [6.07, 6.45) is -4.38. The average molecular weight is 305 g/mol. The summed E-state index contributed by atoms with van der Waals surface area (Å²) < 4.78 is 0. The normalized spacial score (nSPS) is 26.7. The summed E-state index contributed by atoms with van der Waals surface area (Å²) in [6.45, 7) is 0. The van der Waals surface area contributed by atoms with Crippen molar-refractivity contribution in [1.82, 2.24) is 4.90 Å². The number of aliphatic hydroxyl groups is 2. The number of carboxylic acids is 3. The van der Waals surface area contributed by atoms with Crippen molar-refractivity contribution in [2.24, 2.45) is 0 Å². The molecule has 1 aliphatic heterocycles. The van der Waals surface area contributed by atoms with Crippen LogP contribution in [0.5, 0.6) is 0 Å². The van der Waals surface area contributed by atoms with E-state index in [1.54, 1.807) is 0 Å². The van der Waals surface area contributed by atoms with Crippen LogP contribution in [0.3, 0.4) is 0 Å². The molecule has 1 saturated heterocycles. The molecule has 5 N–H and O–H groups in total. The zero-order valence-electron chi connectivity index (χ0n) is 10.8. The van der Waals surface area contributed by atoms with Gasteiger partial charge in [-0.15, -0.1) is 0 Å². The highest BCUT2D eigenvalue weighted by atomic mass is 16.4. The highest BCUT2D eigenvalue weighted by Crippen LogP contribution is 2.33. The van der Waals surface area contributed by atoms with Crippen LogP contribution in [0.2, 0.25) is 0 Å². The zero-order chi connectivity index (χ0) is 16.4. The Bertz CT molecular complexity index is 476. The van der Waals surface area contributed by atoms with Crippen molar-refractivity contribution in [3.63, 3.8) is 0 Å². The lowest BCUT2D eigenvalue weighted by Crippen LogP contribution is -2.50. The standard InChI is InChI=1S/C11H15NO9/c13-6-3-11(21,4-8(16)17)10(20)12(6)5(9(18)19)1-2-7(14)15/h5-6,13,21H,1-4H2,(H,14,15)(H,16,17)(H,18,19). The number of aliphatic hydroxyl groups excluding tert-OH is 1. The van der Waals surface area contributed by atoms with Crippen molar-refractivity contribution in [3.05, 3.63) is 0 Å². The monoisotopic (exact) mass is 305 g/mol. The average Bonchev–Trinajstić information content (AvgIpc) is 2.50. The number of amides is 1. The highest BCUT2D eigenvalue weighted by molar-refractivity contribution is 5.94. The Morgan fingerprint density at radius 3 is 2.24 bits per heavy atom. The van der Waals surface area contributed by atoms with Crippen LogP contribution in [0, 0.1) is 0 Å². The van der Waals surface area contributed by atoms with Gasteiger partial charge in [-0.3, -0.25) is 14.4 Å². The second-order valence-corrected chi connectivity index (χ2v) is 4.79. The van der Waals surface area contributed by atoms with Gasteiger partial charge in [0.15, 0.2) is 5.60 Å². The van der Waals surface area contributed by atoms with Crippen molar-refractivity contribution in [3.8, 4) is 0 Å². The molecule has 1 heterocycles. The van der Waals surface area contributed by atoms with E-state index >= 15 is 0 Å². The summed E-state index contributed by atoms with van der Waals surface area (Å²) in [5, 5.41) is 45.9. The van der Waals surface area contributed by atoms with Gasteiger partial charge in [-0.2, -0.15) is 0 Å². The number of hydrogen-bond acceptors (Lipinski definition) is 6. The largest absolute Gasteiger partial charge is 0.481 e. The van der Waals surface area contributed by atoms with Crippen molar-refractivity contribution < 1.29 is 44.7 Å². The second-order valence-electron chi connectivity index (χ2n) is 4.79. The van der Waals surface area contributed by atoms with E-state index in [-0.39, 0.29) is 0 Å². The van der Waals surface area contributed by atoms with E-state index in [0.717, 1.165) is 0 Å². The molecule has 0 radical (unpaired) electrons. The van der Waals surface area contributed by atoms with Crippen molar-refractivity contribution in [2.75, 3.05) is 0 Å². The minimum absolute atomic E-state index is 0.425. The maximum Gasteiger partial charge on any atom is 0.326 e. The number of aliphatic carboxylic acids is 3. The molecule has 10 nitrogen and oxygen atoms in total. The zero-order valence-corrected chi connectivity index (χ0v) is 10.8. The quantitative estimate of drug-likeness (QED) is 0.358. The predicted octanol–water partition coefficient (Wildman–Crippen LogP) is -1.94. The third-order valence-corrected chi connectivity index (χ3v) is 3.17. The summed E-state index contributed by atoms with van der Waals surface area (Å²) in [7, 11) is 0. The molecule has 0 aromatic rings. The smallest absolute Gasteiger partial charge is 0.326 e. The van der Waals surface area contributed by atoms with Crippen LogP contribution >= 0.6 is 0 Å². The fraction of sp³-hybridized carbons (Fsp3) is 0.636. The van der Waals surface area contributed by atoms with E-state index < -0.39 is 67.4 Å². The number of hydrogen-bond donors (Lipinski definition) is 5. The number of nitrogens with zero attached hydrogens (tertiary/aromatic N) is 1. The number of likely N-dealkylation sites (tertiary alicyclic amines) is 1. The van der Waals surface area contributed by atoms with E-state index in [9.17, 15) is 29.4 Å². The van der Waals surface area contributed by atoms with Gasteiger partial charge >= 0.3 is 17.9 Å². The Kier molecular flexibility index (Phi) is 4.86. The lowest BCUT2D eigenvalue weighted by molar-refractivity contribution is -0.161. The first-order valence-electron chi connectivity index (χ1n) is 5.98. The molecule has 0 aromatic heterocycles. The van der Waals surface area contributed by atoms with Gasteiger partial charge in [0.2, 0.25) is 0 Å². The molecule has 1 fully saturated rings. The molecule has 118 valence electrons. The highest BCUT2D eigenvalue weighted by Gasteiger charge is 2.54. The van der Waals surface area contributed by atoms with Crippen molar-refractivity contribution in [2.45, 2.75) is 43.6 Å². The summed E-state index contributed by atoms with van der Waals surface area (Å²) in [4.78, 5) is 44.7. The van der Waals surface area contributed by atoms with Gasteiger partial charge < -0.3 is 30.4 Å². The van der Waals surface area contributed by atoms with Gasteiger partial charge in [0.05, 0.1) is 6.42 Å². The molecule has 1 rings (SSSR count). The molecular formula is C11H15NO9. The first-order valence-corrected chi connectivity index (χ1v) is 5.98. The van der Waals surface area contributed by atoms with E-state index in [2.05, 4.69) is 0 Å². The lowest BCUT2D eigenvalue weighted by Gasteiger charge is -2.27. The van der Waals surface area contributed by atoms with Crippen LogP contribution in [0.1, 0.15) is 25.7 Å². The van der Waals surface area contributed by atoms with Crippen LogP contribution in [0.25, 0.3) is 0 Å². The van der Waals surface area contributed by atoms with Crippen molar-refractivity contribution >= 4 is 23.8 Å². The molecule has 10 heteroatoms. The lowest BCUT2D eigenvalue weighted by atomic mass is 9.98. The molecule has 21 heavy (non-hydrogen) atoms. The predicted molar refractivity (Wildman–Crippen MR) is 63.0 cm³/mol. The summed E-state index contributed by atoms with van der Waals surface area (Å²) in [5.41, 5.74) is -2.40. The maximum atomic E-state index is 12.0. The Labute approximate surface area is 118 Å². The van der Waals surface area contributed by atoms with Gasteiger partial charge in [-0.1, -0.05) is 0 Å². The molecular weight excluding hydrogens is 290 g/mol. The first-order chi connectivity index (χ1) is 9.58. The summed E-state index contributed by atoms with van der Waals surface area (Å²) >= 11 is 0. The Morgan fingerprint density at radius 1 is 1.24 bits per heavy atom. The summed E-state index contributed by atoms with van der Waals surface area (Å²) in [5.74, 6) is -5.57. The molecule has 3 atom stereocenters. The maximum absolute atomic E-state index is 12.0. The molecule has 0 spiro atoms. The number of carbonyl (C=O) groups excluding carboxylic acids is 1. The molecule has 1 amide bonds. The van der Waals surface area contributed by atoms with Crippen molar-refractivity contribution in [1.29, 1.82) is 0 Å². The summed E-state index contributed by atoms with van der Waals surface area (Å²) in [6, 6.07) is -1.66. The van der Waals surface area contributed by atoms with Gasteiger partial charge in [0.25, 0.3) is 5.91 Å². The van der Waals surface area contributed by atoms with Crippen LogP contribution in [-0.4, -0.2) is 72.1 Å². The minimum atomic E-state index is -2.40. The van der Waals surface area contributed by atoms with Crippen LogP contribution in [0.15, 0.2) is 0 Å². The van der Waals surface area contributed by atoms with E-state index in [1.165, 1.54) is 0 Å². The van der Waals surface area contributed by atoms with Gasteiger partial charge in [-0.05, 0) is 6.42 Å². The number of carboxylic acid groups (broad SMARTS) is 3. The molecule has 0 aromatic carbocycles. The molecule has 3 unspecified atom stereocenters. The Balaban J connectivity index is 2.98. The fourth-order valence-electron chi connectivity index (χ4n) is 2.25. The third-order valence-electron chi connectivity index (χ3n) is 3.17. The SMILES string of the molecule is O=C(O)CCC(C(=O)O)N1C(=O)C(O)(CC(=O)O)CC1O. The first kappa shape index (κ1) is 16.9. The second kappa shape index (κ2) is 6.06. The molecule has 0 saturated carbocycles. The van der Waals surface area contributed by atoms with Gasteiger partial charge in [0, 0.05) is 12.8 Å². The minimum Gasteiger partial charge on any atom is -0.481 e. The topological polar surface area (TPSA) is 173 Å². The van der Waals surface area contributed by atoms with E-state index in [0.29, 0.717) is 4.90 Å². The molecule has 1 aliphatic rings. The fourth-order valence-corrected chi connectivity index (χ4v) is 2.25. The van der Waals surface area contributed by atoms with Crippen LogP contribution in [0.4, 0.5) is 0 Å². The van der Waals surface area contributed by atoms with Crippen LogP contribution in [-0.2, 0) is 19.2 Å². The van der Waals surface area contributed by atoms with E-state index in [4.69, 9.17) is 15.3 Å². The number of carbonyl (C=O) groups is 4. The van der Waals surface area contributed by atoms with Crippen LogP contribution < -0.4 is 0 Å². The van der Waals surface area contributed by atoms with Gasteiger partial charge in [0.1, 0.15) is 12.3 Å².